The molecule has 0 amide bonds. The van der Waals surface area contributed by atoms with E-state index >= 15 is 0 Å². The molecular formula is C38H23N3. The summed E-state index contributed by atoms with van der Waals surface area (Å²) in [4.78, 5) is 10.2. The summed E-state index contributed by atoms with van der Waals surface area (Å²) in [6.45, 7) is 0. The highest BCUT2D eigenvalue weighted by atomic mass is 15.0. The number of aromatic nitrogens is 3. The van der Waals surface area contributed by atoms with Crippen molar-refractivity contribution in [3.63, 3.8) is 0 Å². The molecule has 0 N–H and O–H groups in total. The molecule has 0 spiro atoms. The quantitative estimate of drug-likeness (QED) is 0.227. The van der Waals surface area contributed by atoms with Crippen LogP contribution in [-0.4, -0.2) is 14.5 Å². The van der Waals surface area contributed by atoms with E-state index in [0.29, 0.717) is 0 Å². The van der Waals surface area contributed by atoms with Crippen LogP contribution in [0.15, 0.2) is 140 Å². The predicted molar refractivity (Wildman–Crippen MR) is 169 cm³/mol. The number of para-hydroxylation sites is 3. The summed E-state index contributed by atoms with van der Waals surface area (Å²) in [5, 5.41) is 3.49. The molecule has 0 bridgehead atoms. The first-order chi connectivity index (χ1) is 20.3. The lowest BCUT2D eigenvalue weighted by Crippen LogP contribution is -1.96. The minimum Gasteiger partial charge on any atom is -0.308 e. The summed E-state index contributed by atoms with van der Waals surface area (Å²) in [5.74, 6) is 0.736. The molecule has 0 unspecified atom stereocenters. The highest BCUT2D eigenvalue weighted by Crippen LogP contribution is 2.46. The first kappa shape index (κ1) is 22.3. The van der Waals surface area contributed by atoms with Crippen molar-refractivity contribution in [2.45, 2.75) is 0 Å². The van der Waals surface area contributed by atoms with Crippen molar-refractivity contribution in [2.24, 2.45) is 0 Å². The van der Waals surface area contributed by atoms with Gasteiger partial charge in [0, 0.05) is 38.4 Å². The van der Waals surface area contributed by atoms with Crippen molar-refractivity contribution in [2.75, 3.05) is 0 Å². The molecule has 41 heavy (non-hydrogen) atoms. The van der Waals surface area contributed by atoms with Crippen LogP contribution in [0, 0.1) is 0 Å². The molecule has 1 aliphatic heterocycles. The van der Waals surface area contributed by atoms with Crippen LogP contribution in [0.4, 0.5) is 0 Å². The van der Waals surface area contributed by atoms with Crippen LogP contribution in [0.1, 0.15) is 0 Å². The molecule has 190 valence electrons. The second kappa shape index (κ2) is 8.48. The number of benzene rings is 6. The minimum absolute atomic E-state index is 0.736. The third-order valence-electron chi connectivity index (χ3n) is 8.35. The van der Waals surface area contributed by atoms with E-state index in [1.807, 2.05) is 12.1 Å². The Morgan fingerprint density at radius 3 is 2.00 bits per heavy atom. The molecular weight excluding hydrogens is 498 g/mol. The van der Waals surface area contributed by atoms with E-state index in [2.05, 4.69) is 132 Å². The summed E-state index contributed by atoms with van der Waals surface area (Å²) in [7, 11) is 0. The van der Waals surface area contributed by atoms with E-state index in [0.717, 1.165) is 33.5 Å². The Morgan fingerprint density at radius 1 is 0.439 bits per heavy atom. The molecule has 3 heterocycles. The standard InChI is InChI=1S/C38H23N3/c1-2-11-24(12-3-1)36-31-16-6-8-19-33(31)39-38(40-36)25-21-22-35-32(23-25)30-18-10-17-29-27-14-5-4-13-26(27)28-15-7-9-20-34(28)41(35)37(29)30/h1-23H. The third kappa shape index (κ3) is 3.20. The van der Waals surface area contributed by atoms with Gasteiger partial charge in [-0.3, -0.25) is 0 Å². The Balaban J connectivity index is 1.35. The first-order valence-electron chi connectivity index (χ1n) is 13.9. The molecule has 0 fully saturated rings. The van der Waals surface area contributed by atoms with Gasteiger partial charge in [0.25, 0.3) is 0 Å². The largest absolute Gasteiger partial charge is 0.308 e. The van der Waals surface area contributed by atoms with Crippen LogP contribution in [-0.2, 0) is 0 Å². The molecule has 3 nitrogen and oxygen atoms in total. The van der Waals surface area contributed by atoms with Gasteiger partial charge in [0.2, 0.25) is 0 Å². The van der Waals surface area contributed by atoms with E-state index in [1.165, 1.54) is 49.7 Å². The summed E-state index contributed by atoms with van der Waals surface area (Å²) < 4.78 is 2.44. The third-order valence-corrected chi connectivity index (χ3v) is 8.35. The smallest absolute Gasteiger partial charge is 0.160 e. The van der Waals surface area contributed by atoms with Crippen molar-refractivity contribution < 1.29 is 0 Å². The molecule has 6 aromatic carbocycles. The Kier molecular flexibility index (Phi) is 4.61. The lowest BCUT2D eigenvalue weighted by molar-refractivity contribution is 1.19. The van der Waals surface area contributed by atoms with Gasteiger partial charge in [0.05, 0.1) is 27.9 Å². The zero-order valence-electron chi connectivity index (χ0n) is 22.1. The maximum absolute atomic E-state index is 5.15. The van der Waals surface area contributed by atoms with Crippen LogP contribution in [0.3, 0.4) is 0 Å². The van der Waals surface area contributed by atoms with Gasteiger partial charge in [-0.15, -0.1) is 0 Å². The lowest BCUT2D eigenvalue weighted by atomic mass is 9.93. The second-order valence-corrected chi connectivity index (χ2v) is 10.6. The van der Waals surface area contributed by atoms with Crippen LogP contribution in [0.25, 0.3) is 83.3 Å². The molecule has 1 aliphatic rings. The van der Waals surface area contributed by atoms with Crippen LogP contribution < -0.4 is 0 Å². The fourth-order valence-electron chi connectivity index (χ4n) is 6.55. The first-order valence-corrected chi connectivity index (χ1v) is 13.9. The molecule has 2 aromatic heterocycles. The van der Waals surface area contributed by atoms with Gasteiger partial charge < -0.3 is 4.57 Å². The molecule has 0 atom stereocenters. The van der Waals surface area contributed by atoms with E-state index < -0.39 is 0 Å². The fraction of sp³-hybridized carbons (Fsp3) is 0. The maximum Gasteiger partial charge on any atom is 0.160 e. The highest BCUT2D eigenvalue weighted by Gasteiger charge is 2.24. The molecule has 0 saturated carbocycles. The number of fused-ring (bicyclic) bond motifs is 9. The van der Waals surface area contributed by atoms with E-state index in [9.17, 15) is 0 Å². The summed E-state index contributed by atoms with van der Waals surface area (Å²) in [6, 6.07) is 49.5. The molecule has 0 saturated heterocycles. The van der Waals surface area contributed by atoms with Crippen LogP contribution in [0.5, 0.6) is 0 Å². The fourth-order valence-corrected chi connectivity index (χ4v) is 6.55. The van der Waals surface area contributed by atoms with E-state index in [4.69, 9.17) is 9.97 Å². The topological polar surface area (TPSA) is 30.7 Å². The van der Waals surface area contributed by atoms with Crippen molar-refractivity contribution in [1.29, 1.82) is 0 Å². The Labute approximate surface area is 237 Å². The van der Waals surface area contributed by atoms with E-state index in [-0.39, 0.29) is 0 Å². The van der Waals surface area contributed by atoms with Crippen molar-refractivity contribution in [3.8, 4) is 50.6 Å². The average Bonchev–Trinajstić information content (AvgIpc) is 3.32. The van der Waals surface area contributed by atoms with Gasteiger partial charge >= 0.3 is 0 Å². The minimum atomic E-state index is 0.736. The van der Waals surface area contributed by atoms with Gasteiger partial charge in [-0.1, -0.05) is 109 Å². The number of rotatable bonds is 2. The van der Waals surface area contributed by atoms with Crippen molar-refractivity contribution >= 4 is 32.7 Å². The van der Waals surface area contributed by atoms with Gasteiger partial charge in [-0.2, -0.15) is 0 Å². The van der Waals surface area contributed by atoms with Gasteiger partial charge in [-0.25, -0.2) is 9.97 Å². The Bertz CT molecular complexity index is 2310. The number of nitrogens with zero attached hydrogens (tertiary/aromatic N) is 3. The monoisotopic (exact) mass is 521 g/mol. The summed E-state index contributed by atoms with van der Waals surface area (Å²) >= 11 is 0. The zero-order valence-corrected chi connectivity index (χ0v) is 22.1. The normalized spacial score (nSPS) is 11.9. The average molecular weight is 522 g/mol. The zero-order chi connectivity index (χ0) is 26.9. The summed E-state index contributed by atoms with van der Waals surface area (Å²) in [5.41, 5.74) is 12.6. The number of hydrogen-bond acceptors (Lipinski definition) is 2. The van der Waals surface area contributed by atoms with Gasteiger partial charge in [0.15, 0.2) is 5.82 Å². The van der Waals surface area contributed by atoms with Gasteiger partial charge in [-0.05, 0) is 41.5 Å². The molecule has 3 heteroatoms. The van der Waals surface area contributed by atoms with Crippen LogP contribution >= 0.6 is 0 Å². The van der Waals surface area contributed by atoms with Crippen molar-refractivity contribution in [3.05, 3.63) is 140 Å². The van der Waals surface area contributed by atoms with E-state index in [1.54, 1.807) is 0 Å². The number of hydrogen-bond donors (Lipinski definition) is 0. The predicted octanol–water partition coefficient (Wildman–Crippen LogP) is 9.71. The van der Waals surface area contributed by atoms with Crippen LogP contribution in [0.2, 0.25) is 0 Å². The Hall–Kier alpha value is -5.54. The van der Waals surface area contributed by atoms with Gasteiger partial charge in [0.1, 0.15) is 0 Å². The summed E-state index contributed by atoms with van der Waals surface area (Å²) in [6.07, 6.45) is 0. The molecule has 9 rings (SSSR count). The molecule has 8 aromatic rings. The molecule has 0 radical (unpaired) electrons. The second-order valence-electron chi connectivity index (χ2n) is 10.6. The highest BCUT2D eigenvalue weighted by molar-refractivity contribution is 6.17. The van der Waals surface area contributed by atoms with Crippen molar-refractivity contribution in [1.82, 2.24) is 14.5 Å². The molecule has 0 aliphatic carbocycles. The maximum atomic E-state index is 5.15. The SMILES string of the molecule is c1ccc(-c2nc(-c3ccc4c(c3)c3cccc5c3n4-c3ccccc3-c3ccccc3-5)nc3ccccc23)cc1. The lowest BCUT2D eigenvalue weighted by Gasteiger charge is -2.12. The Morgan fingerprint density at radius 2 is 1.12 bits per heavy atom.